The molecular formula is C15H19FN2O3. The molecule has 0 saturated carbocycles. The number of nitrogens with one attached hydrogen (secondary N) is 1. The lowest BCUT2D eigenvalue weighted by atomic mass is 10.00. The van der Waals surface area contributed by atoms with Gasteiger partial charge in [0.05, 0.1) is 12.1 Å². The van der Waals surface area contributed by atoms with Gasteiger partial charge in [-0.25, -0.2) is 9.18 Å². The molecule has 2 amide bonds. The molecule has 0 radical (unpaired) electrons. The van der Waals surface area contributed by atoms with E-state index in [4.69, 9.17) is 5.11 Å². The zero-order valence-corrected chi connectivity index (χ0v) is 11.9. The number of likely N-dealkylation sites (tertiary alicyclic amines) is 1. The largest absolute Gasteiger partial charge is 0.481 e. The zero-order valence-electron chi connectivity index (χ0n) is 11.9. The number of aryl methyl sites for hydroxylation is 1. The number of amides is 2. The maximum atomic E-state index is 13.8. The van der Waals surface area contributed by atoms with Crippen molar-refractivity contribution >= 4 is 17.7 Å². The molecule has 1 unspecified atom stereocenters. The van der Waals surface area contributed by atoms with E-state index in [1.807, 2.05) is 0 Å². The van der Waals surface area contributed by atoms with E-state index >= 15 is 0 Å². The smallest absolute Gasteiger partial charge is 0.322 e. The van der Waals surface area contributed by atoms with E-state index in [9.17, 15) is 14.0 Å². The Labute approximate surface area is 122 Å². The summed E-state index contributed by atoms with van der Waals surface area (Å²) in [5, 5.41) is 11.4. The number of anilines is 1. The first kappa shape index (κ1) is 15.3. The number of carboxylic acid groups (broad SMARTS) is 1. The first-order chi connectivity index (χ1) is 9.97. The van der Waals surface area contributed by atoms with Crippen LogP contribution in [0.3, 0.4) is 0 Å². The van der Waals surface area contributed by atoms with Gasteiger partial charge < -0.3 is 15.3 Å². The van der Waals surface area contributed by atoms with Gasteiger partial charge in [0, 0.05) is 12.6 Å². The summed E-state index contributed by atoms with van der Waals surface area (Å²) < 4.78 is 13.8. The number of halogens is 1. The molecule has 0 bridgehead atoms. The van der Waals surface area contributed by atoms with Crippen molar-refractivity contribution in [3.05, 3.63) is 29.6 Å². The van der Waals surface area contributed by atoms with Gasteiger partial charge in [0.1, 0.15) is 5.82 Å². The van der Waals surface area contributed by atoms with Crippen LogP contribution in [-0.2, 0) is 4.79 Å². The second-order valence-electron chi connectivity index (χ2n) is 5.35. The van der Waals surface area contributed by atoms with Crippen LogP contribution in [-0.4, -0.2) is 34.6 Å². The van der Waals surface area contributed by atoms with E-state index < -0.39 is 17.8 Å². The molecule has 6 heteroatoms. The van der Waals surface area contributed by atoms with Gasteiger partial charge in [-0.05, 0) is 43.9 Å². The second kappa shape index (κ2) is 6.56. The zero-order chi connectivity index (χ0) is 15.4. The Bertz CT molecular complexity index is 548. The summed E-state index contributed by atoms with van der Waals surface area (Å²) >= 11 is 0. The van der Waals surface area contributed by atoms with Crippen molar-refractivity contribution < 1.29 is 19.1 Å². The fourth-order valence-corrected chi connectivity index (χ4v) is 2.59. The summed E-state index contributed by atoms with van der Waals surface area (Å²) in [6.07, 6.45) is 2.32. The van der Waals surface area contributed by atoms with Gasteiger partial charge in [0.15, 0.2) is 0 Å². The van der Waals surface area contributed by atoms with Crippen molar-refractivity contribution in [3.63, 3.8) is 0 Å². The monoisotopic (exact) mass is 294 g/mol. The molecule has 5 nitrogen and oxygen atoms in total. The third-order valence-corrected chi connectivity index (χ3v) is 3.66. The average Bonchev–Trinajstić information content (AvgIpc) is 2.42. The van der Waals surface area contributed by atoms with Crippen LogP contribution in [0.2, 0.25) is 0 Å². The molecule has 1 aliphatic heterocycles. The van der Waals surface area contributed by atoms with Crippen LogP contribution >= 0.6 is 0 Å². The van der Waals surface area contributed by atoms with Gasteiger partial charge >= 0.3 is 12.0 Å². The van der Waals surface area contributed by atoms with Gasteiger partial charge in [0.2, 0.25) is 0 Å². The Morgan fingerprint density at radius 1 is 1.43 bits per heavy atom. The van der Waals surface area contributed by atoms with Crippen molar-refractivity contribution in [1.29, 1.82) is 0 Å². The topological polar surface area (TPSA) is 69.6 Å². The van der Waals surface area contributed by atoms with Crippen molar-refractivity contribution in [2.75, 3.05) is 11.9 Å². The first-order valence-electron chi connectivity index (χ1n) is 7.03. The maximum Gasteiger partial charge on any atom is 0.322 e. The standard InChI is InChI=1S/C15H19FN2O3/c1-10-5-6-13(12(16)8-10)17-15(21)18-7-3-2-4-11(18)9-14(19)20/h5-6,8,11H,2-4,7,9H2,1H3,(H,17,21)(H,19,20). The van der Waals surface area contributed by atoms with E-state index in [2.05, 4.69) is 5.32 Å². The predicted molar refractivity (Wildman–Crippen MR) is 76.8 cm³/mol. The number of aliphatic carboxylic acids is 1. The van der Waals surface area contributed by atoms with Gasteiger partial charge in [-0.1, -0.05) is 6.07 Å². The number of urea groups is 1. The summed E-state index contributed by atoms with van der Waals surface area (Å²) in [6.45, 7) is 2.26. The van der Waals surface area contributed by atoms with Crippen LogP contribution < -0.4 is 5.32 Å². The van der Waals surface area contributed by atoms with Crippen LogP contribution in [0.5, 0.6) is 0 Å². The number of rotatable bonds is 3. The summed E-state index contributed by atoms with van der Waals surface area (Å²) in [4.78, 5) is 24.6. The summed E-state index contributed by atoms with van der Waals surface area (Å²) in [5.41, 5.74) is 0.887. The highest BCUT2D eigenvalue weighted by Gasteiger charge is 2.28. The highest BCUT2D eigenvalue weighted by Crippen LogP contribution is 2.22. The van der Waals surface area contributed by atoms with Crippen molar-refractivity contribution in [2.24, 2.45) is 0 Å². The number of benzene rings is 1. The van der Waals surface area contributed by atoms with Gasteiger partial charge in [-0.2, -0.15) is 0 Å². The molecule has 1 atom stereocenters. The van der Waals surface area contributed by atoms with Crippen molar-refractivity contribution in [2.45, 2.75) is 38.6 Å². The fourth-order valence-electron chi connectivity index (χ4n) is 2.59. The molecular weight excluding hydrogens is 275 g/mol. The van der Waals surface area contributed by atoms with E-state index in [0.29, 0.717) is 13.0 Å². The Kier molecular flexibility index (Phi) is 4.77. The van der Waals surface area contributed by atoms with E-state index in [1.165, 1.54) is 17.0 Å². The molecule has 1 aliphatic rings. The van der Waals surface area contributed by atoms with Gasteiger partial charge in [0.25, 0.3) is 0 Å². The molecule has 1 heterocycles. The fraction of sp³-hybridized carbons (Fsp3) is 0.467. The minimum Gasteiger partial charge on any atom is -0.481 e. The molecule has 1 aromatic rings. The number of carbonyl (C=O) groups excluding carboxylic acids is 1. The summed E-state index contributed by atoms with van der Waals surface area (Å²) in [5.74, 6) is -1.42. The Hall–Kier alpha value is -2.11. The molecule has 1 saturated heterocycles. The minimum atomic E-state index is -0.929. The third kappa shape index (κ3) is 3.93. The predicted octanol–water partition coefficient (Wildman–Crippen LogP) is 3.00. The van der Waals surface area contributed by atoms with Crippen LogP contribution in [0.4, 0.5) is 14.9 Å². The van der Waals surface area contributed by atoms with E-state index in [-0.39, 0.29) is 18.2 Å². The molecule has 0 aromatic heterocycles. The number of carboxylic acids is 1. The molecule has 114 valence electrons. The Balaban J connectivity index is 2.08. The molecule has 1 aromatic carbocycles. The molecule has 2 rings (SSSR count). The molecule has 2 N–H and O–H groups in total. The van der Waals surface area contributed by atoms with Crippen LogP contribution in [0.15, 0.2) is 18.2 Å². The highest BCUT2D eigenvalue weighted by molar-refractivity contribution is 5.90. The molecule has 21 heavy (non-hydrogen) atoms. The first-order valence-corrected chi connectivity index (χ1v) is 7.03. The molecule has 0 spiro atoms. The van der Waals surface area contributed by atoms with Gasteiger partial charge in [-0.15, -0.1) is 0 Å². The SMILES string of the molecule is Cc1ccc(NC(=O)N2CCCCC2CC(=O)O)c(F)c1. The summed E-state index contributed by atoms with van der Waals surface area (Å²) in [7, 11) is 0. The van der Waals surface area contributed by atoms with Crippen LogP contribution in [0, 0.1) is 12.7 Å². The Morgan fingerprint density at radius 2 is 2.19 bits per heavy atom. The number of piperidine rings is 1. The van der Waals surface area contributed by atoms with E-state index in [1.54, 1.807) is 13.0 Å². The summed E-state index contributed by atoms with van der Waals surface area (Å²) in [6, 6.07) is 3.80. The lowest BCUT2D eigenvalue weighted by molar-refractivity contribution is -0.138. The number of hydrogen-bond acceptors (Lipinski definition) is 2. The number of nitrogens with zero attached hydrogens (tertiary/aromatic N) is 1. The van der Waals surface area contributed by atoms with E-state index in [0.717, 1.165) is 18.4 Å². The molecule has 0 aliphatic carbocycles. The maximum absolute atomic E-state index is 13.8. The van der Waals surface area contributed by atoms with Crippen LogP contribution in [0.25, 0.3) is 0 Å². The quantitative estimate of drug-likeness (QED) is 0.900. The Morgan fingerprint density at radius 3 is 2.86 bits per heavy atom. The normalized spacial score (nSPS) is 18.4. The van der Waals surface area contributed by atoms with Gasteiger partial charge in [-0.3, -0.25) is 4.79 Å². The van der Waals surface area contributed by atoms with Crippen molar-refractivity contribution in [3.8, 4) is 0 Å². The molecule has 1 fully saturated rings. The number of hydrogen-bond donors (Lipinski definition) is 2. The highest BCUT2D eigenvalue weighted by atomic mass is 19.1. The lowest BCUT2D eigenvalue weighted by Crippen LogP contribution is -2.46. The second-order valence-corrected chi connectivity index (χ2v) is 5.35. The van der Waals surface area contributed by atoms with Crippen LogP contribution in [0.1, 0.15) is 31.2 Å². The number of carbonyl (C=O) groups is 2. The third-order valence-electron chi connectivity index (χ3n) is 3.66. The average molecular weight is 294 g/mol. The lowest BCUT2D eigenvalue weighted by Gasteiger charge is -2.34. The minimum absolute atomic E-state index is 0.0796. The van der Waals surface area contributed by atoms with Crippen molar-refractivity contribution in [1.82, 2.24) is 4.90 Å².